The fraction of sp³-hybridized carbons (Fsp3) is 0.625. The van der Waals surface area contributed by atoms with Crippen LogP contribution in [0.1, 0.15) is 38.7 Å². The van der Waals surface area contributed by atoms with Crippen LogP contribution >= 0.6 is 23.4 Å². The van der Waals surface area contributed by atoms with E-state index in [1.807, 2.05) is 23.9 Å². The second-order valence-corrected chi connectivity index (χ2v) is 7.95. The summed E-state index contributed by atoms with van der Waals surface area (Å²) < 4.78 is 0. The van der Waals surface area contributed by atoms with E-state index in [9.17, 15) is 5.11 Å². The van der Waals surface area contributed by atoms with Crippen molar-refractivity contribution in [2.75, 3.05) is 6.61 Å². The molecule has 1 aliphatic carbocycles. The summed E-state index contributed by atoms with van der Waals surface area (Å²) in [5.41, 5.74) is 1.15. The molecule has 0 aromatic heterocycles. The minimum absolute atomic E-state index is 0.145. The summed E-state index contributed by atoms with van der Waals surface area (Å²) in [4.78, 5) is 0. The van der Waals surface area contributed by atoms with Gasteiger partial charge in [0.2, 0.25) is 0 Å². The Morgan fingerprint density at radius 2 is 2.05 bits per heavy atom. The van der Waals surface area contributed by atoms with E-state index < -0.39 is 0 Å². The van der Waals surface area contributed by atoms with Gasteiger partial charge < -0.3 is 10.4 Å². The number of aliphatic hydroxyl groups is 1. The largest absolute Gasteiger partial charge is 0.394 e. The van der Waals surface area contributed by atoms with Crippen LogP contribution in [-0.2, 0) is 5.75 Å². The summed E-state index contributed by atoms with van der Waals surface area (Å²) in [6, 6.07) is 8.66. The predicted molar refractivity (Wildman–Crippen MR) is 88.5 cm³/mol. The highest BCUT2D eigenvalue weighted by atomic mass is 35.5. The number of halogens is 1. The number of nitrogens with one attached hydrogen (secondary N) is 1. The van der Waals surface area contributed by atoms with Gasteiger partial charge in [-0.1, -0.05) is 30.7 Å². The van der Waals surface area contributed by atoms with E-state index in [0.29, 0.717) is 11.3 Å². The van der Waals surface area contributed by atoms with Crippen LogP contribution in [0.25, 0.3) is 0 Å². The summed E-state index contributed by atoms with van der Waals surface area (Å²) >= 11 is 7.82. The molecule has 1 aromatic carbocycles. The fourth-order valence-electron chi connectivity index (χ4n) is 2.40. The van der Waals surface area contributed by atoms with Gasteiger partial charge in [-0.15, -0.1) is 0 Å². The summed E-state index contributed by atoms with van der Waals surface area (Å²) in [7, 11) is 0. The molecule has 20 heavy (non-hydrogen) atoms. The minimum atomic E-state index is -0.145. The molecule has 0 heterocycles. The molecule has 0 saturated heterocycles. The molecule has 112 valence electrons. The van der Waals surface area contributed by atoms with Gasteiger partial charge in [0.05, 0.1) is 6.61 Å². The molecule has 0 radical (unpaired) electrons. The van der Waals surface area contributed by atoms with Gasteiger partial charge in [0.25, 0.3) is 0 Å². The van der Waals surface area contributed by atoms with Gasteiger partial charge >= 0.3 is 0 Å². The molecule has 1 aliphatic rings. The number of rotatable bonds is 8. The van der Waals surface area contributed by atoms with Crippen LogP contribution in [0.15, 0.2) is 24.3 Å². The maximum absolute atomic E-state index is 9.64. The molecule has 1 saturated carbocycles. The maximum atomic E-state index is 9.64. The lowest BCUT2D eigenvalue weighted by Gasteiger charge is -2.31. The fourth-order valence-corrected chi connectivity index (χ4v) is 3.68. The quantitative estimate of drug-likeness (QED) is 0.764. The average Bonchev–Trinajstić information content (AvgIpc) is 3.22. The molecule has 2 nitrogen and oxygen atoms in total. The third-order valence-electron chi connectivity index (χ3n) is 3.66. The lowest BCUT2D eigenvalue weighted by Crippen LogP contribution is -2.48. The molecular formula is C16H24ClNOS. The highest BCUT2D eigenvalue weighted by Crippen LogP contribution is 2.29. The van der Waals surface area contributed by atoms with Crippen molar-refractivity contribution in [3.8, 4) is 0 Å². The summed E-state index contributed by atoms with van der Waals surface area (Å²) in [6.07, 6.45) is 3.49. The predicted octanol–water partition coefficient (Wildman–Crippen LogP) is 3.85. The lowest BCUT2D eigenvalue weighted by atomic mass is 9.97. The van der Waals surface area contributed by atoms with Gasteiger partial charge in [0.15, 0.2) is 0 Å². The van der Waals surface area contributed by atoms with E-state index in [0.717, 1.165) is 17.2 Å². The first-order valence-electron chi connectivity index (χ1n) is 7.25. The van der Waals surface area contributed by atoms with E-state index in [-0.39, 0.29) is 12.1 Å². The Morgan fingerprint density at radius 3 is 2.60 bits per heavy atom. The highest BCUT2D eigenvalue weighted by Gasteiger charge is 2.33. The smallest absolute Gasteiger partial charge is 0.0611 e. The van der Waals surface area contributed by atoms with Crippen LogP contribution in [0.3, 0.4) is 0 Å². The molecule has 1 aromatic rings. The van der Waals surface area contributed by atoms with Gasteiger partial charge in [-0.25, -0.2) is 0 Å². The monoisotopic (exact) mass is 313 g/mol. The van der Waals surface area contributed by atoms with Gasteiger partial charge in [0, 0.05) is 27.6 Å². The Bertz CT molecular complexity index is 421. The molecule has 2 atom stereocenters. The van der Waals surface area contributed by atoms with Gasteiger partial charge in [-0.3, -0.25) is 0 Å². The van der Waals surface area contributed by atoms with Gasteiger partial charge in [0.1, 0.15) is 0 Å². The molecule has 2 unspecified atom stereocenters. The number of aliphatic hydroxyl groups excluding tert-OH is 1. The molecule has 0 spiro atoms. The maximum Gasteiger partial charge on any atom is 0.0611 e. The van der Waals surface area contributed by atoms with Crippen LogP contribution in [0, 0.1) is 0 Å². The Kier molecular flexibility index (Phi) is 5.79. The Balaban J connectivity index is 1.78. The SMILES string of the molecule is CC(CC(C)(CO)NC1CC1)SCc1ccc(Cl)cc1. The second kappa shape index (κ2) is 7.17. The zero-order chi connectivity index (χ0) is 14.6. The Labute approximate surface area is 131 Å². The first-order valence-corrected chi connectivity index (χ1v) is 8.68. The summed E-state index contributed by atoms with van der Waals surface area (Å²) in [5, 5.41) is 14.5. The first-order chi connectivity index (χ1) is 9.50. The van der Waals surface area contributed by atoms with E-state index in [4.69, 9.17) is 11.6 Å². The van der Waals surface area contributed by atoms with Crippen LogP contribution in [-0.4, -0.2) is 28.5 Å². The van der Waals surface area contributed by atoms with Crippen molar-refractivity contribution in [1.29, 1.82) is 0 Å². The number of thioether (sulfide) groups is 1. The number of hydrogen-bond acceptors (Lipinski definition) is 3. The minimum Gasteiger partial charge on any atom is -0.394 e. The number of benzene rings is 1. The van der Waals surface area contributed by atoms with Crippen molar-refractivity contribution in [2.45, 2.75) is 55.7 Å². The van der Waals surface area contributed by atoms with E-state index in [2.05, 4.69) is 31.3 Å². The zero-order valence-corrected chi connectivity index (χ0v) is 13.8. The van der Waals surface area contributed by atoms with Gasteiger partial charge in [-0.05, 0) is 43.9 Å². The van der Waals surface area contributed by atoms with Crippen molar-refractivity contribution in [2.24, 2.45) is 0 Å². The highest BCUT2D eigenvalue weighted by molar-refractivity contribution is 7.99. The van der Waals surface area contributed by atoms with Crippen molar-refractivity contribution in [3.05, 3.63) is 34.9 Å². The van der Waals surface area contributed by atoms with Gasteiger partial charge in [-0.2, -0.15) is 11.8 Å². The second-order valence-electron chi connectivity index (χ2n) is 6.09. The topological polar surface area (TPSA) is 32.3 Å². The molecule has 0 amide bonds. The third-order valence-corrected chi connectivity index (χ3v) is 5.15. The third kappa shape index (κ3) is 5.28. The molecule has 2 N–H and O–H groups in total. The molecule has 4 heteroatoms. The Hall–Kier alpha value is -0.220. The van der Waals surface area contributed by atoms with Crippen LogP contribution < -0.4 is 5.32 Å². The van der Waals surface area contributed by atoms with Crippen LogP contribution in [0.5, 0.6) is 0 Å². The first kappa shape index (κ1) is 16.2. The molecule has 2 rings (SSSR count). The average molecular weight is 314 g/mol. The van der Waals surface area contributed by atoms with E-state index in [1.54, 1.807) is 0 Å². The molecule has 0 aliphatic heterocycles. The van der Waals surface area contributed by atoms with Crippen molar-refractivity contribution in [3.63, 3.8) is 0 Å². The summed E-state index contributed by atoms with van der Waals surface area (Å²) in [5.74, 6) is 0.989. The van der Waals surface area contributed by atoms with E-state index >= 15 is 0 Å². The summed E-state index contributed by atoms with van der Waals surface area (Å²) in [6.45, 7) is 4.57. The number of hydrogen-bond donors (Lipinski definition) is 2. The molecule has 0 bridgehead atoms. The van der Waals surface area contributed by atoms with Crippen LogP contribution in [0.4, 0.5) is 0 Å². The van der Waals surface area contributed by atoms with Crippen molar-refractivity contribution < 1.29 is 5.11 Å². The van der Waals surface area contributed by atoms with E-state index in [1.165, 1.54) is 18.4 Å². The van der Waals surface area contributed by atoms with Crippen molar-refractivity contribution in [1.82, 2.24) is 5.32 Å². The molecule has 1 fully saturated rings. The lowest BCUT2D eigenvalue weighted by molar-refractivity contribution is 0.164. The Morgan fingerprint density at radius 1 is 1.40 bits per heavy atom. The normalized spacial score (nSPS) is 19.6. The zero-order valence-electron chi connectivity index (χ0n) is 12.2. The van der Waals surface area contributed by atoms with Crippen molar-refractivity contribution >= 4 is 23.4 Å². The molecular weight excluding hydrogens is 290 g/mol. The standard InChI is InChI=1S/C16H24ClNOS/c1-12(9-16(2,11-19)18-15-7-8-15)20-10-13-3-5-14(17)6-4-13/h3-6,12,15,18-19H,7-11H2,1-2H3. The van der Waals surface area contributed by atoms with Crippen LogP contribution in [0.2, 0.25) is 5.02 Å².